The zero-order valence-corrected chi connectivity index (χ0v) is 15.7. The van der Waals surface area contributed by atoms with Crippen molar-refractivity contribution in [3.8, 4) is 11.1 Å². The van der Waals surface area contributed by atoms with E-state index in [1.807, 2.05) is 13.8 Å². The second kappa shape index (κ2) is 7.58. The van der Waals surface area contributed by atoms with Crippen LogP contribution in [0.15, 0.2) is 24.3 Å². The molecule has 2 N–H and O–H groups in total. The van der Waals surface area contributed by atoms with Crippen LogP contribution in [0, 0.1) is 19.7 Å². The van der Waals surface area contributed by atoms with Crippen LogP contribution in [0.4, 0.5) is 4.39 Å². The van der Waals surface area contributed by atoms with Crippen LogP contribution in [-0.2, 0) is 22.4 Å². The van der Waals surface area contributed by atoms with Gasteiger partial charge < -0.3 is 10.5 Å². The summed E-state index contributed by atoms with van der Waals surface area (Å²) in [6.45, 7) is 6.03. The summed E-state index contributed by atoms with van der Waals surface area (Å²) in [6, 6.07) is 6.97. The number of hydrogen-bond acceptors (Lipinski definition) is 3. The smallest absolute Gasteiger partial charge is 0.307 e. The van der Waals surface area contributed by atoms with E-state index >= 15 is 0 Å². The molecule has 0 saturated heterocycles. The van der Waals surface area contributed by atoms with E-state index in [0.717, 1.165) is 47.1 Å². The Hall–Kier alpha value is -2.20. The Labute approximate surface area is 154 Å². The van der Waals surface area contributed by atoms with Crippen LogP contribution in [0.25, 0.3) is 11.1 Å². The lowest BCUT2D eigenvalue weighted by Crippen LogP contribution is -2.17. The van der Waals surface area contributed by atoms with Gasteiger partial charge >= 0.3 is 5.97 Å². The molecule has 0 bridgehead atoms. The summed E-state index contributed by atoms with van der Waals surface area (Å²) < 4.78 is 18.8. The van der Waals surface area contributed by atoms with Crippen molar-refractivity contribution in [1.82, 2.24) is 0 Å². The third kappa shape index (κ3) is 3.65. The standard InChI is InChI=1S/C22H26FNO2/c1-4-26-21(25)12-20(24)16-10-15-6-5-7-18(15)19(11-16)22-13(2)8-17(23)9-14(22)3/h8-11,20H,4-7,12,24H2,1-3H3. The van der Waals surface area contributed by atoms with Crippen LogP contribution in [0.3, 0.4) is 0 Å². The number of halogens is 1. The average Bonchev–Trinajstić information content (AvgIpc) is 3.02. The van der Waals surface area contributed by atoms with Crippen molar-refractivity contribution in [2.24, 2.45) is 5.73 Å². The second-order valence-corrected chi connectivity index (χ2v) is 7.09. The number of nitrogens with two attached hydrogens (primary N) is 1. The largest absolute Gasteiger partial charge is 0.466 e. The van der Waals surface area contributed by atoms with Crippen molar-refractivity contribution in [2.75, 3.05) is 6.61 Å². The van der Waals surface area contributed by atoms with Crippen LogP contribution in [0.5, 0.6) is 0 Å². The lowest BCUT2D eigenvalue weighted by atomic mass is 9.87. The highest BCUT2D eigenvalue weighted by Gasteiger charge is 2.22. The van der Waals surface area contributed by atoms with Gasteiger partial charge in [-0.2, -0.15) is 0 Å². The summed E-state index contributed by atoms with van der Waals surface area (Å²) >= 11 is 0. The number of ether oxygens (including phenoxy) is 1. The molecule has 138 valence electrons. The summed E-state index contributed by atoms with van der Waals surface area (Å²) in [6.07, 6.45) is 3.31. The van der Waals surface area contributed by atoms with Crippen molar-refractivity contribution < 1.29 is 13.9 Å². The molecule has 0 spiro atoms. The van der Waals surface area contributed by atoms with Gasteiger partial charge in [0.25, 0.3) is 0 Å². The van der Waals surface area contributed by atoms with Gasteiger partial charge in [0.05, 0.1) is 13.0 Å². The first-order valence-corrected chi connectivity index (χ1v) is 9.24. The monoisotopic (exact) mass is 355 g/mol. The Morgan fingerprint density at radius 1 is 1.19 bits per heavy atom. The van der Waals surface area contributed by atoms with Crippen LogP contribution < -0.4 is 5.73 Å². The Morgan fingerprint density at radius 2 is 1.88 bits per heavy atom. The molecule has 2 aromatic carbocycles. The molecule has 0 saturated carbocycles. The molecule has 2 aromatic rings. The third-order valence-electron chi connectivity index (χ3n) is 5.12. The highest BCUT2D eigenvalue weighted by Crippen LogP contribution is 2.38. The third-order valence-corrected chi connectivity index (χ3v) is 5.12. The minimum absolute atomic E-state index is 0.160. The van der Waals surface area contributed by atoms with Crippen molar-refractivity contribution in [3.05, 3.63) is 57.9 Å². The summed E-state index contributed by atoms with van der Waals surface area (Å²) in [5, 5.41) is 0. The van der Waals surface area contributed by atoms with Crippen LogP contribution >= 0.6 is 0 Å². The maximum Gasteiger partial charge on any atom is 0.307 e. The summed E-state index contributed by atoms with van der Waals surface area (Å²) in [5.41, 5.74) is 13.9. The SMILES string of the molecule is CCOC(=O)CC(N)c1cc2c(c(-c3c(C)cc(F)cc3C)c1)CCC2. The van der Waals surface area contributed by atoms with E-state index in [0.29, 0.717) is 6.61 Å². The molecule has 0 aromatic heterocycles. The van der Waals surface area contributed by atoms with Crippen molar-refractivity contribution in [1.29, 1.82) is 0 Å². The van der Waals surface area contributed by atoms with E-state index in [1.165, 1.54) is 11.1 Å². The molecular formula is C22H26FNO2. The van der Waals surface area contributed by atoms with Gasteiger partial charge in [-0.3, -0.25) is 4.79 Å². The van der Waals surface area contributed by atoms with E-state index in [2.05, 4.69) is 12.1 Å². The van der Waals surface area contributed by atoms with Gasteiger partial charge in [-0.25, -0.2) is 4.39 Å². The molecule has 4 heteroatoms. The number of benzene rings is 2. The molecule has 3 nitrogen and oxygen atoms in total. The molecule has 1 unspecified atom stereocenters. The molecule has 26 heavy (non-hydrogen) atoms. The van der Waals surface area contributed by atoms with Crippen molar-refractivity contribution >= 4 is 5.97 Å². The van der Waals surface area contributed by atoms with Gasteiger partial charge in [0.2, 0.25) is 0 Å². The molecular weight excluding hydrogens is 329 g/mol. The van der Waals surface area contributed by atoms with Gasteiger partial charge in [0.1, 0.15) is 5.82 Å². The number of carbonyl (C=O) groups excluding carboxylic acids is 1. The molecule has 0 heterocycles. The van der Waals surface area contributed by atoms with E-state index in [4.69, 9.17) is 10.5 Å². The van der Waals surface area contributed by atoms with Crippen molar-refractivity contribution in [3.63, 3.8) is 0 Å². The van der Waals surface area contributed by atoms with Gasteiger partial charge in [-0.05, 0) is 97.2 Å². The fourth-order valence-corrected chi connectivity index (χ4v) is 4.02. The Bertz CT molecular complexity index is 821. The Morgan fingerprint density at radius 3 is 2.54 bits per heavy atom. The zero-order valence-electron chi connectivity index (χ0n) is 15.7. The predicted octanol–water partition coefficient (Wildman–Crippen LogP) is 4.55. The summed E-state index contributed by atoms with van der Waals surface area (Å²) in [4.78, 5) is 11.8. The van der Waals surface area contributed by atoms with E-state index < -0.39 is 6.04 Å². The minimum atomic E-state index is -0.403. The minimum Gasteiger partial charge on any atom is -0.466 e. The maximum atomic E-state index is 13.8. The fraction of sp³-hybridized carbons (Fsp3) is 0.409. The summed E-state index contributed by atoms with van der Waals surface area (Å²) in [5.74, 6) is -0.494. The number of fused-ring (bicyclic) bond motifs is 1. The predicted molar refractivity (Wildman–Crippen MR) is 102 cm³/mol. The lowest BCUT2D eigenvalue weighted by Gasteiger charge is -2.19. The molecule has 1 aliphatic carbocycles. The first-order chi connectivity index (χ1) is 12.4. The fourth-order valence-electron chi connectivity index (χ4n) is 4.02. The number of hydrogen-bond donors (Lipinski definition) is 1. The second-order valence-electron chi connectivity index (χ2n) is 7.09. The van der Waals surface area contributed by atoms with Crippen LogP contribution in [0.1, 0.15) is 53.6 Å². The summed E-state index contributed by atoms with van der Waals surface area (Å²) in [7, 11) is 0. The molecule has 1 atom stereocenters. The molecule has 3 rings (SSSR count). The van der Waals surface area contributed by atoms with Crippen molar-refractivity contribution in [2.45, 2.75) is 52.5 Å². The number of esters is 1. The van der Waals surface area contributed by atoms with E-state index in [1.54, 1.807) is 19.1 Å². The number of aryl methyl sites for hydroxylation is 3. The number of rotatable bonds is 5. The lowest BCUT2D eigenvalue weighted by molar-refractivity contribution is -0.143. The molecule has 0 amide bonds. The number of carbonyl (C=O) groups is 1. The Balaban J connectivity index is 2.07. The topological polar surface area (TPSA) is 52.3 Å². The molecule has 1 aliphatic rings. The van der Waals surface area contributed by atoms with E-state index in [9.17, 15) is 9.18 Å². The zero-order chi connectivity index (χ0) is 18.8. The van der Waals surface area contributed by atoms with Gasteiger partial charge in [-0.15, -0.1) is 0 Å². The van der Waals surface area contributed by atoms with Crippen LogP contribution in [0.2, 0.25) is 0 Å². The molecule has 0 fully saturated rings. The molecule has 0 radical (unpaired) electrons. The van der Waals surface area contributed by atoms with Gasteiger partial charge in [0.15, 0.2) is 0 Å². The first kappa shape index (κ1) is 18.6. The maximum absolute atomic E-state index is 13.8. The Kier molecular flexibility index (Phi) is 5.42. The quantitative estimate of drug-likeness (QED) is 0.801. The normalized spacial score (nSPS) is 14.2. The van der Waals surface area contributed by atoms with E-state index in [-0.39, 0.29) is 18.2 Å². The molecule has 0 aliphatic heterocycles. The average molecular weight is 355 g/mol. The first-order valence-electron chi connectivity index (χ1n) is 9.24. The highest BCUT2D eigenvalue weighted by molar-refractivity contribution is 5.77. The van der Waals surface area contributed by atoms with Gasteiger partial charge in [-0.1, -0.05) is 6.07 Å². The van der Waals surface area contributed by atoms with Crippen LogP contribution in [-0.4, -0.2) is 12.6 Å². The van der Waals surface area contributed by atoms with Gasteiger partial charge in [0, 0.05) is 6.04 Å². The highest BCUT2D eigenvalue weighted by atomic mass is 19.1.